The van der Waals surface area contributed by atoms with Gasteiger partial charge in [0.15, 0.2) is 0 Å². The van der Waals surface area contributed by atoms with E-state index in [2.05, 4.69) is 48.1 Å². The third kappa shape index (κ3) is 9.88. The first-order valence-electron chi connectivity index (χ1n) is 15.3. The van der Waals surface area contributed by atoms with Crippen LogP contribution in [0.5, 0.6) is 0 Å². The van der Waals surface area contributed by atoms with E-state index < -0.39 is 0 Å². The van der Waals surface area contributed by atoms with Crippen LogP contribution in [-0.4, -0.2) is 87.6 Å². The van der Waals surface area contributed by atoms with E-state index in [1.54, 1.807) is 6.07 Å². The minimum atomic E-state index is 0.243. The fourth-order valence-corrected chi connectivity index (χ4v) is 5.38. The van der Waals surface area contributed by atoms with Gasteiger partial charge in [-0.15, -0.1) is 5.10 Å². The summed E-state index contributed by atoms with van der Waals surface area (Å²) in [7, 11) is 0. The Bertz CT molecular complexity index is 1020. The Hall–Kier alpha value is -2.99. The van der Waals surface area contributed by atoms with E-state index in [1.807, 2.05) is 15.8 Å². The molecule has 0 unspecified atom stereocenters. The third-order valence-electron chi connectivity index (χ3n) is 7.76. The molecule has 0 atom stereocenters. The van der Waals surface area contributed by atoms with E-state index in [9.17, 15) is 4.79 Å². The first kappa shape index (κ1) is 30.0. The number of hydrogen-bond acceptors (Lipinski definition) is 10. The van der Waals surface area contributed by atoms with Crippen molar-refractivity contribution in [3.63, 3.8) is 0 Å². The predicted molar refractivity (Wildman–Crippen MR) is 159 cm³/mol. The molecule has 2 aromatic heterocycles. The van der Waals surface area contributed by atoms with Gasteiger partial charge in [0.25, 0.3) is 0 Å². The molecule has 1 aliphatic carbocycles. The maximum atomic E-state index is 12.3. The highest BCUT2D eigenvalue weighted by molar-refractivity contribution is 5.76. The summed E-state index contributed by atoms with van der Waals surface area (Å²) in [5, 5.41) is 19.0. The molecule has 2 aromatic rings. The highest BCUT2D eigenvalue weighted by Gasteiger charge is 2.22. The van der Waals surface area contributed by atoms with Crippen molar-refractivity contribution in [1.29, 1.82) is 0 Å². The van der Waals surface area contributed by atoms with Crippen molar-refractivity contribution in [1.82, 2.24) is 40.5 Å². The summed E-state index contributed by atoms with van der Waals surface area (Å²) < 4.78 is 1.89. The topological polar surface area (TPSA) is 142 Å². The van der Waals surface area contributed by atoms with Gasteiger partial charge in [0, 0.05) is 51.3 Å². The molecule has 5 N–H and O–H groups in total. The van der Waals surface area contributed by atoms with Gasteiger partial charge in [0.2, 0.25) is 11.9 Å². The molecule has 40 heavy (non-hydrogen) atoms. The van der Waals surface area contributed by atoms with Gasteiger partial charge in [-0.3, -0.25) is 9.48 Å². The number of amides is 1. The number of carbonyl (C=O) groups is 1. The SMILES string of the molecule is CCCCC(=O)N1CCN(c2cc(N)nc(NCc3cn(CCCNCCCNC4CCCCC4)nn3)n2)CC1. The second kappa shape index (κ2) is 16.3. The number of nitrogen functional groups attached to an aromatic ring is 1. The first-order valence-corrected chi connectivity index (χ1v) is 15.3. The summed E-state index contributed by atoms with van der Waals surface area (Å²) in [4.78, 5) is 25.4. The Morgan fingerprint density at radius 2 is 1.82 bits per heavy atom. The number of carbonyl (C=O) groups excluding carboxylic acids is 1. The second-order valence-corrected chi connectivity index (χ2v) is 11.0. The van der Waals surface area contributed by atoms with Crippen LogP contribution in [0.4, 0.5) is 17.6 Å². The van der Waals surface area contributed by atoms with E-state index in [1.165, 1.54) is 38.5 Å². The van der Waals surface area contributed by atoms with Crippen LogP contribution in [0.2, 0.25) is 0 Å². The number of rotatable bonds is 16. The number of nitrogens with one attached hydrogen (secondary N) is 3. The highest BCUT2D eigenvalue weighted by Crippen LogP contribution is 2.19. The van der Waals surface area contributed by atoms with Gasteiger partial charge in [0.1, 0.15) is 17.3 Å². The normalized spacial score (nSPS) is 16.4. The van der Waals surface area contributed by atoms with Crippen LogP contribution in [0.25, 0.3) is 0 Å². The van der Waals surface area contributed by atoms with Crippen LogP contribution in [0.15, 0.2) is 12.3 Å². The van der Waals surface area contributed by atoms with Gasteiger partial charge in [-0.2, -0.15) is 9.97 Å². The zero-order chi connectivity index (χ0) is 28.0. The Labute approximate surface area is 238 Å². The monoisotopic (exact) mass is 555 g/mol. The fourth-order valence-electron chi connectivity index (χ4n) is 5.38. The van der Waals surface area contributed by atoms with Crippen molar-refractivity contribution in [2.45, 2.75) is 90.3 Å². The zero-order valence-electron chi connectivity index (χ0n) is 24.3. The number of anilines is 3. The molecule has 12 nitrogen and oxygen atoms in total. The van der Waals surface area contributed by atoms with Crippen molar-refractivity contribution in [2.24, 2.45) is 0 Å². The van der Waals surface area contributed by atoms with Gasteiger partial charge in [-0.25, -0.2) is 0 Å². The molecular weight excluding hydrogens is 506 g/mol. The molecule has 0 aromatic carbocycles. The van der Waals surface area contributed by atoms with Crippen LogP contribution < -0.4 is 26.6 Å². The smallest absolute Gasteiger partial charge is 0.226 e. The predicted octanol–water partition coefficient (Wildman–Crippen LogP) is 2.39. The summed E-state index contributed by atoms with van der Waals surface area (Å²) in [5.74, 6) is 1.90. The quantitative estimate of drug-likeness (QED) is 0.228. The van der Waals surface area contributed by atoms with Crippen molar-refractivity contribution >= 4 is 23.5 Å². The van der Waals surface area contributed by atoms with Crippen molar-refractivity contribution in [3.05, 3.63) is 18.0 Å². The Morgan fingerprint density at radius 3 is 2.62 bits per heavy atom. The fraction of sp³-hybridized carbons (Fsp3) is 0.750. The molecule has 2 fully saturated rings. The molecular formula is C28H49N11O. The van der Waals surface area contributed by atoms with Gasteiger partial charge in [-0.1, -0.05) is 37.8 Å². The number of nitrogens with two attached hydrogens (primary N) is 1. The summed E-state index contributed by atoms with van der Waals surface area (Å²) in [6.07, 6.45) is 13.6. The molecule has 1 aliphatic heterocycles. The average molecular weight is 556 g/mol. The summed E-state index contributed by atoms with van der Waals surface area (Å²) >= 11 is 0. The van der Waals surface area contributed by atoms with Crippen LogP contribution in [0.3, 0.4) is 0 Å². The molecule has 4 rings (SSSR count). The zero-order valence-corrected chi connectivity index (χ0v) is 24.3. The minimum absolute atomic E-state index is 0.243. The molecule has 12 heteroatoms. The molecule has 1 amide bonds. The molecule has 3 heterocycles. The molecule has 0 bridgehead atoms. The number of piperazine rings is 1. The number of unbranched alkanes of at least 4 members (excludes halogenated alkanes) is 1. The van der Waals surface area contributed by atoms with Crippen LogP contribution >= 0.6 is 0 Å². The van der Waals surface area contributed by atoms with Crippen LogP contribution in [0.1, 0.15) is 76.8 Å². The highest BCUT2D eigenvalue weighted by atomic mass is 16.2. The lowest BCUT2D eigenvalue weighted by atomic mass is 9.95. The van der Waals surface area contributed by atoms with E-state index in [-0.39, 0.29) is 5.91 Å². The molecule has 1 saturated carbocycles. The Kier molecular flexibility index (Phi) is 12.2. The summed E-state index contributed by atoms with van der Waals surface area (Å²) in [6.45, 7) is 9.38. The van der Waals surface area contributed by atoms with Gasteiger partial charge >= 0.3 is 0 Å². The van der Waals surface area contributed by atoms with E-state index in [4.69, 9.17) is 5.73 Å². The lowest BCUT2D eigenvalue weighted by molar-refractivity contribution is -0.131. The van der Waals surface area contributed by atoms with Gasteiger partial charge in [0.05, 0.1) is 12.7 Å². The molecule has 1 saturated heterocycles. The van der Waals surface area contributed by atoms with Gasteiger partial charge in [-0.05, 0) is 51.7 Å². The van der Waals surface area contributed by atoms with E-state index in [0.29, 0.717) is 37.8 Å². The van der Waals surface area contributed by atoms with Crippen LogP contribution in [-0.2, 0) is 17.9 Å². The summed E-state index contributed by atoms with van der Waals surface area (Å²) in [6, 6.07) is 2.53. The lowest BCUT2D eigenvalue weighted by Crippen LogP contribution is -2.49. The number of aromatic nitrogens is 5. The Morgan fingerprint density at radius 1 is 1.02 bits per heavy atom. The first-order chi connectivity index (χ1) is 19.6. The van der Waals surface area contributed by atoms with Gasteiger partial charge < -0.3 is 31.5 Å². The molecule has 0 spiro atoms. The second-order valence-electron chi connectivity index (χ2n) is 11.0. The minimum Gasteiger partial charge on any atom is -0.383 e. The largest absolute Gasteiger partial charge is 0.383 e. The van der Waals surface area contributed by atoms with Crippen LogP contribution in [0, 0.1) is 0 Å². The Balaban J connectivity index is 1.12. The molecule has 0 radical (unpaired) electrons. The van der Waals surface area contributed by atoms with Crippen molar-refractivity contribution in [2.75, 3.05) is 61.8 Å². The standard InChI is InChI=1S/C28H49N11O/c1-2-3-11-27(40)38-18-16-37(17-19-38)26-20-25(29)33-28(34-26)32-21-24-22-39(36-35-24)15-8-13-30-12-7-14-31-23-9-5-4-6-10-23/h20,22-23,30-31H,2-19,21H2,1H3,(H3,29,32,33,34). The average Bonchev–Trinajstić information content (AvgIpc) is 3.44. The molecule has 2 aliphatic rings. The number of hydrogen-bond donors (Lipinski definition) is 4. The number of nitrogens with zero attached hydrogens (tertiary/aromatic N) is 7. The van der Waals surface area contributed by atoms with E-state index >= 15 is 0 Å². The van der Waals surface area contributed by atoms with E-state index in [0.717, 1.165) is 76.1 Å². The third-order valence-corrected chi connectivity index (χ3v) is 7.76. The summed E-state index contributed by atoms with van der Waals surface area (Å²) in [5.41, 5.74) is 6.91. The lowest BCUT2D eigenvalue weighted by Gasteiger charge is -2.35. The van der Waals surface area contributed by atoms with Crippen molar-refractivity contribution in [3.8, 4) is 0 Å². The number of aryl methyl sites for hydroxylation is 1. The van der Waals surface area contributed by atoms with Crippen molar-refractivity contribution < 1.29 is 4.79 Å². The molecule has 222 valence electrons. The maximum Gasteiger partial charge on any atom is 0.226 e. The maximum absolute atomic E-state index is 12.3.